The van der Waals surface area contributed by atoms with Gasteiger partial charge in [0.15, 0.2) is 0 Å². The van der Waals surface area contributed by atoms with Gasteiger partial charge in [-0.1, -0.05) is 81.7 Å². The maximum absolute atomic E-state index is 15.5. The largest absolute Gasteiger partial charge is 0.462 e. The van der Waals surface area contributed by atoms with Crippen molar-refractivity contribution in [3.8, 4) is 0 Å². The Morgan fingerprint density at radius 2 is 0.760 bits per heavy atom. The molecule has 12 N–H and O–H groups in total. The number of fused-ring (bicyclic) bond motifs is 13. The fourth-order valence-electron chi connectivity index (χ4n) is 17.8. The Labute approximate surface area is 723 Å². The Balaban J connectivity index is 0.698. The number of likely N-dealkylation sites (tertiary alicyclic amines) is 1. The van der Waals surface area contributed by atoms with E-state index in [1.165, 1.54) is 71.6 Å². The second-order valence-electron chi connectivity index (χ2n) is 33.4. The minimum absolute atomic E-state index is 0.0608. The topological polar surface area (TPSA) is 424 Å². The van der Waals surface area contributed by atoms with Crippen molar-refractivity contribution in [2.75, 3.05) is 57.1 Å². The molecule has 10 atom stereocenters. The van der Waals surface area contributed by atoms with Gasteiger partial charge >= 0.3 is 5.97 Å². The van der Waals surface area contributed by atoms with Crippen LogP contribution in [-0.2, 0) is 14.8 Å². The maximum atomic E-state index is 15.5. The molecule has 125 heavy (non-hydrogen) atoms. The number of ether oxygens (including phenoxy) is 1. The van der Waals surface area contributed by atoms with Crippen molar-refractivity contribution in [2.45, 2.75) is 181 Å². The summed E-state index contributed by atoms with van der Waals surface area (Å²) in [6.45, 7) is 1.96. The van der Waals surface area contributed by atoms with Crippen molar-refractivity contribution in [1.29, 1.82) is 0 Å². The van der Waals surface area contributed by atoms with Crippen LogP contribution in [0.15, 0.2) is 179 Å². The van der Waals surface area contributed by atoms with Crippen molar-refractivity contribution in [2.24, 2.45) is 10.2 Å². The molecule has 0 aromatic heterocycles. The molecule has 5 fully saturated rings. The van der Waals surface area contributed by atoms with Crippen LogP contribution in [0.2, 0.25) is 0 Å². The Bertz CT molecular complexity index is 5510. The third kappa shape index (κ3) is 20.7. The molecule has 7 aliphatic rings. The number of azo groups is 1. The van der Waals surface area contributed by atoms with E-state index in [1.807, 2.05) is 62.3 Å². The van der Waals surface area contributed by atoms with E-state index in [4.69, 9.17) is 4.74 Å². The molecule has 11 amide bonds. The summed E-state index contributed by atoms with van der Waals surface area (Å²) in [6, 6.07) is 35.1. The molecule has 8 aromatic rings. The van der Waals surface area contributed by atoms with Gasteiger partial charge in [-0.15, -0.1) is 0 Å². The second-order valence-corrected chi connectivity index (χ2v) is 35.1. The Morgan fingerprint density at radius 1 is 0.416 bits per heavy atom. The predicted octanol–water partition coefficient (Wildman–Crippen LogP) is 9.84. The van der Waals surface area contributed by atoms with Crippen LogP contribution in [0, 0.1) is 0 Å². The number of carbonyl (C=O) groups excluding carboxylic acids is 12. The Morgan fingerprint density at radius 3 is 1.14 bits per heavy atom. The van der Waals surface area contributed by atoms with E-state index in [-0.39, 0.29) is 104 Å². The van der Waals surface area contributed by atoms with Gasteiger partial charge < -0.3 is 73.0 Å². The standard InChI is InChI=1S/C93H102N16O15S/c1-4-94-65-35-37-67(38-36-65)107-106-66-33-31-53(32-34-66)92(120)109-51-78(104-90(118)60-44-56-42-57(45-60)85(113)99-73-24-8-6-22-71(73)97-83(111)55-18-13-17-54(41-55)82(110)96-70-21-5-7-23-72(70)98-84(56)112)79(52-109)105-91(119)61-46-58-43-59(47-61)87(115)101-75-26-10-12-28-77(75)103-89(117)63-48-62(88(116)102-76-27-11-9-25-74(76)100-86(58)114)49-64(50-63)93(121)124-40-16-39-95-125(122,123)81-30-15-19-68-69(81)20-14-29-80(68)108(2)3/h13-15,17-20,29-38,41-50,70-79,94-95H,4-12,16,21-28,39-40,51-52H2,1-3H3,(H,96,110)(H,97,111)(H,98,112)(H,99,113)(H,100,114)(H,101,115)(H,102,116)(H,103,117)(H,104,118)(H,105,119)/t70-,71-,72-,73-,74-,75-,76-,77-,78-,79-/m1/s1. The maximum Gasteiger partial charge on any atom is 0.338 e. The van der Waals surface area contributed by atoms with E-state index >= 15 is 19.2 Å². The first kappa shape index (κ1) is 86.7. The second kappa shape index (κ2) is 38.7. The molecule has 0 radical (unpaired) electrons. The number of benzene rings is 8. The summed E-state index contributed by atoms with van der Waals surface area (Å²) in [5, 5.41) is 43.9. The number of esters is 1. The zero-order valence-corrected chi connectivity index (χ0v) is 70.6. The van der Waals surface area contributed by atoms with E-state index in [0.29, 0.717) is 93.8 Å². The molecule has 3 heterocycles. The van der Waals surface area contributed by atoms with Gasteiger partial charge in [0.2, 0.25) is 10.0 Å². The lowest BCUT2D eigenvalue weighted by molar-refractivity contribution is 0.0500. The fraction of sp³-hybridized carbons (Fsp3) is 0.376. The highest BCUT2D eigenvalue weighted by Gasteiger charge is 2.41. The van der Waals surface area contributed by atoms with Crippen LogP contribution in [0.4, 0.5) is 22.7 Å². The van der Waals surface area contributed by atoms with Crippen molar-refractivity contribution < 1.29 is 70.7 Å². The molecule has 8 bridgehead atoms. The average Bonchev–Trinajstić information content (AvgIpc) is 1.14. The van der Waals surface area contributed by atoms with Gasteiger partial charge in [-0.25, -0.2) is 17.9 Å². The highest BCUT2D eigenvalue weighted by Crippen LogP contribution is 2.33. The van der Waals surface area contributed by atoms with Gasteiger partial charge in [-0.2, -0.15) is 10.2 Å². The van der Waals surface area contributed by atoms with E-state index in [0.717, 1.165) is 49.0 Å². The number of hydrogen-bond donors (Lipinski definition) is 12. The molecule has 31 nitrogen and oxygen atoms in total. The number of anilines is 2. The summed E-state index contributed by atoms with van der Waals surface area (Å²) in [4.78, 5) is 180. The van der Waals surface area contributed by atoms with E-state index in [1.54, 1.807) is 60.7 Å². The fourth-order valence-corrected chi connectivity index (χ4v) is 19.1. The molecule has 4 saturated carbocycles. The summed E-state index contributed by atoms with van der Waals surface area (Å²) in [5.41, 5.74) is 2.50. The van der Waals surface area contributed by atoms with Crippen molar-refractivity contribution >= 4 is 114 Å². The van der Waals surface area contributed by atoms with E-state index in [2.05, 4.69) is 73.4 Å². The number of amides is 11. The van der Waals surface area contributed by atoms with Crippen molar-refractivity contribution in [1.82, 2.24) is 62.8 Å². The van der Waals surface area contributed by atoms with Crippen LogP contribution in [-0.4, -0.2) is 192 Å². The molecule has 0 spiro atoms. The highest BCUT2D eigenvalue weighted by molar-refractivity contribution is 7.89. The molecule has 1 saturated heterocycles. The minimum atomic E-state index is -4.03. The third-order valence-corrected chi connectivity index (χ3v) is 26.0. The van der Waals surface area contributed by atoms with Crippen LogP contribution in [0.1, 0.15) is 240 Å². The summed E-state index contributed by atoms with van der Waals surface area (Å²) in [6.07, 6.45) is 9.05. The highest BCUT2D eigenvalue weighted by atomic mass is 32.2. The van der Waals surface area contributed by atoms with E-state index < -0.39 is 141 Å². The van der Waals surface area contributed by atoms with Gasteiger partial charge in [0, 0.05) is 172 Å². The quantitative estimate of drug-likeness (QED) is 0.0229. The molecule has 0 unspecified atom stereocenters. The van der Waals surface area contributed by atoms with Gasteiger partial charge in [0.05, 0.1) is 40.5 Å². The molecule has 650 valence electrons. The SMILES string of the molecule is CCNc1ccc(N=Nc2ccc(C(=O)N3C[C@@H](NC(=O)c4cc5cc(c4)C(=O)N[C@@H]4CCCC[C@H]4NC(=O)c4cccc(c4)C(=O)N[C@@H]4CCCC[C@H]4NC5=O)[C@H](NC(=O)c4cc5cc(c4)C(=O)N[C@@H]4CCCC[C@H]4NC(=O)c4cc(cc(C(=O)OCCCNS(=O)(=O)c6cccc7c(N(C)C)cccc67)c4)C(=O)N[C@@H]4CCCC[C@H]4NC5=O)C3)cc2)cc1. The van der Waals surface area contributed by atoms with Crippen LogP contribution in [0.3, 0.4) is 0 Å². The third-order valence-electron chi connectivity index (χ3n) is 24.5. The zero-order chi connectivity index (χ0) is 87.6. The number of hydrogen-bond acceptors (Lipinski definition) is 19. The van der Waals surface area contributed by atoms with Gasteiger partial charge in [-0.3, -0.25) is 52.7 Å². The summed E-state index contributed by atoms with van der Waals surface area (Å²) >= 11 is 0. The molecule has 8 aromatic carbocycles. The number of rotatable bonds is 17. The lowest BCUT2D eigenvalue weighted by atomic mass is 9.89. The molecule has 3 aliphatic heterocycles. The molecular formula is C93H102N16O15S. The molecule has 4 aliphatic carbocycles. The first-order valence-electron chi connectivity index (χ1n) is 43.0. The molecule has 15 rings (SSSR count). The van der Waals surface area contributed by atoms with Crippen LogP contribution in [0.25, 0.3) is 10.8 Å². The molecular weight excluding hydrogens is 1610 g/mol. The van der Waals surface area contributed by atoms with Crippen LogP contribution < -0.4 is 68.1 Å². The number of nitrogens with zero attached hydrogens (tertiary/aromatic N) is 4. The lowest BCUT2D eigenvalue weighted by Gasteiger charge is -2.33. The first-order valence-corrected chi connectivity index (χ1v) is 44.5. The number of carbonyl (C=O) groups is 12. The first-order chi connectivity index (χ1) is 60.3. The summed E-state index contributed by atoms with van der Waals surface area (Å²) < 4.78 is 35.7. The van der Waals surface area contributed by atoms with Crippen LogP contribution >= 0.6 is 0 Å². The number of nitrogens with one attached hydrogen (secondary N) is 12. The minimum Gasteiger partial charge on any atom is -0.462 e. The lowest BCUT2D eigenvalue weighted by Crippen LogP contribution is -2.54. The van der Waals surface area contributed by atoms with Gasteiger partial charge in [0.25, 0.3) is 65.0 Å². The zero-order valence-electron chi connectivity index (χ0n) is 69.7. The van der Waals surface area contributed by atoms with E-state index in [9.17, 15) is 46.8 Å². The normalized spacial score (nSPS) is 22.6. The van der Waals surface area contributed by atoms with Gasteiger partial charge in [-0.05, 0) is 198 Å². The van der Waals surface area contributed by atoms with Gasteiger partial charge in [0.1, 0.15) is 0 Å². The smallest absolute Gasteiger partial charge is 0.338 e. The summed E-state index contributed by atoms with van der Waals surface area (Å²) in [7, 11) is -0.295. The Hall–Kier alpha value is -13.2. The van der Waals surface area contributed by atoms with Crippen molar-refractivity contribution in [3.05, 3.63) is 231 Å². The predicted molar refractivity (Wildman–Crippen MR) is 468 cm³/mol. The monoisotopic (exact) mass is 1710 g/mol. The molecule has 32 heteroatoms. The number of sulfonamides is 1. The Kier molecular flexibility index (Phi) is 26.8. The van der Waals surface area contributed by atoms with Crippen molar-refractivity contribution in [3.63, 3.8) is 0 Å². The average molecular weight is 1720 g/mol. The van der Waals surface area contributed by atoms with Crippen LogP contribution in [0.5, 0.6) is 0 Å². The summed E-state index contributed by atoms with van der Waals surface area (Å²) in [5.74, 6) is -7.95.